The van der Waals surface area contributed by atoms with Crippen molar-refractivity contribution in [3.8, 4) is 5.75 Å². The Bertz CT molecular complexity index is 537. The Morgan fingerprint density at radius 1 is 1.24 bits per heavy atom. The van der Waals surface area contributed by atoms with Crippen LogP contribution < -0.4 is 10.1 Å². The fraction of sp³-hybridized carbons (Fsp3) is 0.700. The van der Waals surface area contributed by atoms with E-state index >= 15 is 0 Å². The van der Waals surface area contributed by atoms with E-state index in [1.807, 2.05) is 12.1 Å². The highest BCUT2D eigenvalue weighted by atomic mass is 16.5. The maximum atomic E-state index is 11.2. The SMILES string of the molecule is COCCOc1cccc(CNC[C@]2(O)CCCN3CCCC[C@@H]32)c1. The average Bonchev–Trinajstić information content (AvgIpc) is 2.63. The molecule has 25 heavy (non-hydrogen) atoms. The number of benzene rings is 1. The molecule has 0 unspecified atom stereocenters. The van der Waals surface area contributed by atoms with Gasteiger partial charge in [-0.25, -0.2) is 0 Å². The van der Waals surface area contributed by atoms with Crippen LogP contribution in [-0.4, -0.2) is 61.6 Å². The summed E-state index contributed by atoms with van der Waals surface area (Å²) in [6.45, 7) is 4.85. The van der Waals surface area contributed by atoms with Gasteiger partial charge in [0.05, 0.1) is 12.2 Å². The molecular weight excluding hydrogens is 316 g/mol. The molecule has 0 radical (unpaired) electrons. The molecule has 2 N–H and O–H groups in total. The van der Waals surface area contributed by atoms with Gasteiger partial charge in [-0.3, -0.25) is 4.90 Å². The summed E-state index contributed by atoms with van der Waals surface area (Å²) in [4.78, 5) is 2.50. The first-order valence-electron chi connectivity index (χ1n) is 9.59. The predicted molar refractivity (Wildman–Crippen MR) is 98.9 cm³/mol. The molecule has 1 aromatic rings. The maximum absolute atomic E-state index is 11.2. The molecule has 0 spiro atoms. The van der Waals surface area contributed by atoms with Crippen molar-refractivity contribution in [3.05, 3.63) is 29.8 Å². The normalized spacial score (nSPS) is 27.0. The number of rotatable bonds is 8. The van der Waals surface area contributed by atoms with Gasteiger partial charge in [0.2, 0.25) is 0 Å². The molecule has 5 nitrogen and oxygen atoms in total. The third-order valence-corrected chi connectivity index (χ3v) is 5.50. The van der Waals surface area contributed by atoms with Gasteiger partial charge in [-0.1, -0.05) is 18.6 Å². The standard InChI is InChI=1S/C20H32N2O3/c1-24-12-13-25-18-7-4-6-17(14-18)15-21-16-20(23)9-5-11-22-10-3-2-8-19(20)22/h4,6-7,14,19,21,23H,2-3,5,8-13,15-16H2,1H3/t19-,20-/m1/s1. The number of nitrogens with zero attached hydrogens (tertiary/aromatic N) is 1. The average molecular weight is 348 g/mol. The van der Waals surface area contributed by atoms with E-state index in [0.717, 1.165) is 44.6 Å². The highest BCUT2D eigenvalue weighted by Crippen LogP contribution is 2.33. The molecule has 2 atom stereocenters. The topological polar surface area (TPSA) is 54.0 Å². The van der Waals surface area contributed by atoms with E-state index < -0.39 is 5.60 Å². The van der Waals surface area contributed by atoms with E-state index in [9.17, 15) is 5.11 Å². The fourth-order valence-corrected chi connectivity index (χ4v) is 4.24. The Morgan fingerprint density at radius 2 is 2.12 bits per heavy atom. The lowest BCUT2D eigenvalue weighted by molar-refractivity contribution is -0.0919. The van der Waals surface area contributed by atoms with Crippen LogP contribution in [0.15, 0.2) is 24.3 Å². The number of hydrogen-bond acceptors (Lipinski definition) is 5. The number of ether oxygens (including phenoxy) is 2. The molecular formula is C20H32N2O3. The van der Waals surface area contributed by atoms with E-state index in [0.29, 0.717) is 25.8 Å². The van der Waals surface area contributed by atoms with Gasteiger partial charge in [0.25, 0.3) is 0 Å². The van der Waals surface area contributed by atoms with Crippen molar-refractivity contribution >= 4 is 0 Å². The van der Waals surface area contributed by atoms with Gasteiger partial charge in [-0.05, 0) is 56.5 Å². The van der Waals surface area contributed by atoms with Gasteiger partial charge >= 0.3 is 0 Å². The van der Waals surface area contributed by atoms with Crippen LogP contribution in [0.2, 0.25) is 0 Å². The van der Waals surface area contributed by atoms with Crippen LogP contribution >= 0.6 is 0 Å². The zero-order valence-electron chi connectivity index (χ0n) is 15.4. The lowest BCUT2D eigenvalue weighted by Gasteiger charge is -2.49. The second kappa shape index (κ2) is 8.99. The van der Waals surface area contributed by atoms with Gasteiger partial charge in [-0.15, -0.1) is 0 Å². The van der Waals surface area contributed by atoms with Crippen molar-refractivity contribution in [2.75, 3.05) is 40.0 Å². The number of hydrogen-bond donors (Lipinski definition) is 2. The van der Waals surface area contributed by atoms with Crippen LogP contribution in [-0.2, 0) is 11.3 Å². The second-order valence-electron chi connectivity index (χ2n) is 7.35. The Balaban J connectivity index is 1.50. The molecule has 0 bridgehead atoms. The zero-order chi connectivity index (χ0) is 17.5. The van der Waals surface area contributed by atoms with Crippen molar-refractivity contribution in [3.63, 3.8) is 0 Å². The lowest BCUT2D eigenvalue weighted by Crippen LogP contribution is -2.62. The predicted octanol–water partition coefficient (Wildman–Crippen LogP) is 2.18. The van der Waals surface area contributed by atoms with E-state index in [1.165, 1.54) is 18.4 Å². The third kappa shape index (κ3) is 4.94. The van der Waals surface area contributed by atoms with Gasteiger partial charge in [-0.2, -0.15) is 0 Å². The number of aliphatic hydroxyl groups is 1. The Labute approximate surface area is 151 Å². The summed E-state index contributed by atoms with van der Waals surface area (Å²) in [5.41, 5.74) is 0.584. The smallest absolute Gasteiger partial charge is 0.119 e. The maximum Gasteiger partial charge on any atom is 0.119 e. The quantitative estimate of drug-likeness (QED) is 0.705. The van der Waals surface area contributed by atoms with Crippen LogP contribution in [0.3, 0.4) is 0 Å². The van der Waals surface area contributed by atoms with Crippen molar-refractivity contribution in [2.45, 2.75) is 50.3 Å². The molecule has 0 aromatic heterocycles. The molecule has 2 aliphatic rings. The molecule has 0 saturated carbocycles. The molecule has 0 amide bonds. The molecule has 2 fully saturated rings. The van der Waals surface area contributed by atoms with Crippen molar-refractivity contribution in [2.24, 2.45) is 0 Å². The summed E-state index contributed by atoms with van der Waals surface area (Å²) >= 11 is 0. The van der Waals surface area contributed by atoms with Crippen LogP contribution in [0.4, 0.5) is 0 Å². The van der Waals surface area contributed by atoms with Crippen molar-refractivity contribution in [1.29, 1.82) is 0 Å². The first-order valence-corrected chi connectivity index (χ1v) is 9.59. The molecule has 3 rings (SSSR count). The van der Waals surface area contributed by atoms with Crippen LogP contribution in [0.5, 0.6) is 5.75 Å². The minimum absolute atomic E-state index is 0.325. The van der Waals surface area contributed by atoms with Gasteiger partial charge < -0.3 is 19.9 Å². The lowest BCUT2D eigenvalue weighted by atomic mass is 9.79. The first kappa shape index (κ1) is 18.6. The summed E-state index contributed by atoms with van der Waals surface area (Å²) < 4.78 is 10.7. The van der Waals surface area contributed by atoms with E-state index in [-0.39, 0.29) is 0 Å². The highest BCUT2D eigenvalue weighted by molar-refractivity contribution is 5.28. The number of piperidine rings is 2. The van der Waals surface area contributed by atoms with Crippen molar-refractivity contribution < 1.29 is 14.6 Å². The summed E-state index contributed by atoms with van der Waals surface area (Å²) in [7, 11) is 1.67. The largest absolute Gasteiger partial charge is 0.491 e. The first-order chi connectivity index (χ1) is 12.2. The van der Waals surface area contributed by atoms with Crippen LogP contribution in [0.1, 0.15) is 37.7 Å². The third-order valence-electron chi connectivity index (χ3n) is 5.50. The van der Waals surface area contributed by atoms with Gasteiger partial charge in [0, 0.05) is 26.2 Å². The Kier molecular flexibility index (Phi) is 6.70. The van der Waals surface area contributed by atoms with Gasteiger partial charge in [0.15, 0.2) is 0 Å². The number of methoxy groups -OCH3 is 1. The minimum Gasteiger partial charge on any atom is -0.491 e. The Morgan fingerprint density at radius 3 is 3.00 bits per heavy atom. The molecule has 2 aliphatic heterocycles. The molecule has 0 aliphatic carbocycles. The zero-order valence-corrected chi connectivity index (χ0v) is 15.4. The summed E-state index contributed by atoms with van der Waals surface area (Å²) in [5, 5.41) is 14.7. The summed E-state index contributed by atoms with van der Waals surface area (Å²) in [6.07, 6.45) is 5.64. The molecule has 1 aromatic carbocycles. The number of nitrogens with one attached hydrogen (secondary N) is 1. The van der Waals surface area contributed by atoms with E-state index in [2.05, 4.69) is 22.3 Å². The van der Waals surface area contributed by atoms with Crippen LogP contribution in [0, 0.1) is 0 Å². The van der Waals surface area contributed by atoms with Gasteiger partial charge in [0.1, 0.15) is 12.4 Å². The molecule has 140 valence electrons. The monoisotopic (exact) mass is 348 g/mol. The molecule has 2 heterocycles. The highest BCUT2D eigenvalue weighted by Gasteiger charge is 2.43. The second-order valence-corrected chi connectivity index (χ2v) is 7.35. The summed E-state index contributed by atoms with van der Waals surface area (Å²) in [6, 6.07) is 8.45. The van der Waals surface area contributed by atoms with Crippen LogP contribution in [0.25, 0.3) is 0 Å². The number of fused-ring (bicyclic) bond motifs is 1. The minimum atomic E-state index is -0.592. The van der Waals surface area contributed by atoms with E-state index in [1.54, 1.807) is 7.11 Å². The Hall–Kier alpha value is -1.14. The molecule has 5 heteroatoms. The molecule has 2 saturated heterocycles. The summed E-state index contributed by atoms with van der Waals surface area (Å²) in [5.74, 6) is 0.867. The van der Waals surface area contributed by atoms with Crippen molar-refractivity contribution in [1.82, 2.24) is 10.2 Å². The van der Waals surface area contributed by atoms with E-state index in [4.69, 9.17) is 9.47 Å². The fourth-order valence-electron chi connectivity index (χ4n) is 4.24.